The summed E-state index contributed by atoms with van der Waals surface area (Å²) in [6.07, 6.45) is 0. The van der Waals surface area contributed by atoms with Crippen LogP contribution in [0.1, 0.15) is 0 Å². The summed E-state index contributed by atoms with van der Waals surface area (Å²) in [5.41, 5.74) is 0. The van der Waals surface area contributed by atoms with E-state index in [2.05, 4.69) is 0 Å². The summed E-state index contributed by atoms with van der Waals surface area (Å²) in [5, 5.41) is 0. The van der Waals surface area contributed by atoms with Crippen molar-refractivity contribution in [3.8, 4) is 0 Å². The maximum Gasteiger partial charge on any atom is 1.00 e. The van der Waals surface area contributed by atoms with E-state index in [1.54, 1.807) is 0 Å². The van der Waals surface area contributed by atoms with Gasteiger partial charge in [-0.2, -0.15) is 0 Å². The van der Waals surface area contributed by atoms with Crippen molar-refractivity contribution in [2.75, 3.05) is 0 Å². The van der Waals surface area contributed by atoms with E-state index >= 15 is 0 Å². The fourth-order valence-corrected chi connectivity index (χ4v) is 0.385. The molecule has 0 radical (unpaired) electrons. The molecule has 1 aromatic rings. The number of benzene rings is 1. The average Bonchev–Trinajstić information content (AvgIpc) is 1.88. The summed E-state index contributed by atoms with van der Waals surface area (Å²) < 4.78 is 34.1. The molecule has 0 aromatic heterocycles. The monoisotopic (exact) mass is 220 g/mol. The molecule has 1 rings (SSSR count). The first kappa shape index (κ1) is 19.6. The zero-order valence-electron chi connectivity index (χ0n) is 7.51. The van der Waals surface area contributed by atoms with E-state index in [0.717, 1.165) is 0 Å². The van der Waals surface area contributed by atoms with Crippen molar-refractivity contribution < 1.29 is 76.6 Å². The summed E-state index contributed by atoms with van der Waals surface area (Å²) in [6.45, 7) is 0. The van der Waals surface area contributed by atoms with Gasteiger partial charge in [0.2, 0.25) is 0 Å². The molecule has 0 atom stereocenters. The third kappa shape index (κ3) is 32.0. The molecule has 0 fully saturated rings. The van der Waals surface area contributed by atoms with Crippen LogP contribution in [0.3, 0.4) is 0 Å². The minimum Gasteiger partial charge on any atom is -0.759 e. The van der Waals surface area contributed by atoms with Gasteiger partial charge in [0.25, 0.3) is 0 Å². The van der Waals surface area contributed by atoms with Crippen LogP contribution in [0.5, 0.6) is 0 Å². The zero-order valence-corrected chi connectivity index (χ0v) is 12.3. The van der Waals surface area contributed by atoms with Crippen LogP contribution in [0.15, 0.2) is 36.4 Å². The van der Waals surface area contributed by atoms with Gasteiger partial charge in [-0.1, -0.05) is 36.4 Å². The molecule has 62 valence electrons. The van der Waals surface area contributed by atoms with Crippen LogP contribution in [0.25, 0.3) is 0 Å². The van der Waals surface area contributed by atoms with Gasteiger partial charge in [-0.15, -0.1) is 0 Å². The van der Waals surface area contributed by atoms with E-state index in [4.69, 9.17) is 17.5 Å². The predicted molar refractivity (Wildman–Crippen MR) is 36.9 cm³/mol. The molecule has 4 nitrogen and oxygen atoms in total. The quantitative estimate of drug-likeness (QED) is 0.248. The van der Waals surface area contributed by atoms with Crippen LogP contribution >= 0.6 is 0 Å². The summed E-state index contributed by atoms with van der Waals surface area (Å²) in [6, 6.07) is 12.0. The maximum atomic E-state index is 8.52. The van der Waals surface area contributed by atoms with Gasteiger partial charge in [0.1, 0.15) is 0 Å². The standard InChI is InChI=1S/C6H6.2Na.H2O4S/c1-2-4-6-5-3-1;;;1-5(2,3)4/h1-6H;;;(H2,1,2,3,4)/q;2*+1;/p-2. The van der Waals surface area contributed by atoms with Gasteiger partial charge in [0.05, 0.1) is 0 Å². The Labute approximate surface area is 122 Å². The van der Waals surface area contributed by atoms with Gasteiger partial charge >= 0.3 is 59.1 Å². The third-order valence-corrected chi connectivity index (χ3v) is 0.667. The molecule has 0 saturated carbocycles. The zero-order chi connectivity index (χ0) is 8.74. The van der Waals surface area contributed by atoms with Crippen LogP contribution in [0, 0.1) is 0 Å². The fourth-order valence-electron chi connectivity index (χ4n) is 0.385. The van der Waals surface area contributed by atoms with Gasteiger partial charge in [-0.25, -0.2) is 0 Å². The molecule has 0 amide bonds. The minimum atomic E-state index is -5.17. The van der Waals surface area contributed by atoms with Gasteiger partial charge in [0.15, 0.2) is 0 Å². The smallest absolute Gasteiger partial charge is 0.759 e. The summed E-state index contributed by atoms with van der Waals surface area (Å²) in [5.74, 6) is 0. The average molecular weight is 220 g/mol. The third-order valence-electron chi connectivity index (χ3n) is 0.667. The normalized spacial score (nSPS) is 8.15. The molecule has 0 N–H and O–H groups in total. The molecule has 0 spiro atoms. The van der Waals surface area contributed by atoms with E-state index in [0.29, 0.717) is 0 Å². The number of hydrogen-bond acceptors (Lipinski definition) is 4. The minimum absolute atomic E-state index is 0. The van der Waals surface area contributed by atoms with E-state index in [-0.39, 0.29) is 59.1 Å². The largest absolute Gasteiger partial charge is 1.00 e. The maximum absolute atomic E-state index is 8.52. The van der Waals surface area contributed by atoms with E-state index in [1.807, 2.05) is 36.4 Å². The Morgan fingerprint density at radius 2 is 0.769 bits per heavy atom. The first-order valence-corrected chi connectivity index (χ1v) is 4.00. The second-order valence-electron chi connectivity index (χ2n) is 1.56. The van der Waals surface area contributed by atoms with Gasteiger partial charge in [-0.05, 0) is 0 Å². The molecule has 0 heterocycles. The van der Waals surface area contributed by atoms with Crippen LogP contribution in [0.2, 0.25) is 0 Å². The van der Waals surface area contributed by atoms with E-state index in [1.165, 1.54) is 0 Å². The second-order valence-corrected chi connectivity index (χ2v) is 2.38. The van der Waals surface area contributed by atoms with Crippen molar-refractivity contribution in [2.24, 2.45) is 0 Å². The molecule has 13 heavy (non-hydrogen) atoms. The first-order chi connectivity index (χ1) is 5.00. The summed E-state index contributed by atoms with van der Waals surface area (Å²) in [4.78, 5) is 0. The molecule has 0 saturated heterocycles. The van der Waals surface area contributed by atoms with Crippen molar-refractivity contribution >= 4 is 10.4 Å². The van der Waals surface area contributed by atoms with Crippen molar-refractivity contribution in [1.29, 1.82) is 0 Å². The van der Waals surface area contributed by atoms with E-state index < -0.39 is 10.4 Å². The Balaban J connectivity index is -0.000000136. The van der Waals surface area contributed by atoms with Crippen molar-refractivity contribution in [2.45, 2.75) is 0 Å². The Kier molecular flexibility index (Phi) is 16.9. The molecule has 0 aliphatic carbocycles. The Bertz CT molecular complexity index is 239. The van der Waals surface area contributed by atoms with Crippen LogP contribution in [-0.2, 0) is 10.4 Å². The molecular formula is C6H6Na2O4S. The predicted octanol–water partition coefficient (Wildman–Crippen LogP) is -5.64. The van der Waals surface area contributed by atoms with Crippen molar-refractivity contribution in [3.05, 3.63) is 36.4 Å². The molecule has 1 aromatic carbocycles. The SMILES string of the molecule is O=S(=O)([O-])[O-].[Na+].[Na+].c1ccccc1. The Morgan fingerprint density at radius 1 is 0.692 bits per heavy atom. The Hall–Kier alpha value is 1.09. The summed E-state index contributed by atoms with van der Waals surface area (Å²) >= 11 is 0. The van der Waals surface area contributed by atoms with E-state index in [9.17, 15) is 0 Å². The van der Waals surface area contributed by atoms with Crippen LogP contribution in [0.4, 0.5) is 0 Å². The summed E-state index contributed by atoms with van der Waals surface area (Å²) in [7, 11) is -5.17. The topological polar surface area (TPSA) is 80.3 Å². The molecule has 0 aliphatic heterocycles. The molecular weight excluding hydrogens is 214 g/mol. The van der Waals surface area contributed by atoms with Crippen molar-refractivity contribution in [1.82, 2.24) is 0 Å². The molecule has 0 bridgehead atoms. The van der Waals surface area contributed by atoms with Gasteiger partial charge in [0, 0.05) is 10.4 Å². The van der Waals surface area contributed by atoms with Crippen LogP contribution < -0.4 is 59.1 Å². The van der Waals surface area contributed by atoms with Gasteiger partial charge in [-0.3, -0.25) is 8.42 Å². The molecule has 0 unspecified atom stereocenters. The number of rotatable bonds is 0. The number of hydrogen-bond donors (Lipinski definition) is 0. The second kappa shape index (κ2) is 11.2. The van der Waals surface area contributed by atoms with Crippen LogP contribution in [-0.4, -0.2) is 17.5 Å². The van der Waals surface area contributed by atoms with Gasteiger partial charge < -0.3 is 9.11 Å². The molecule has 7 heteroatoms. The van der Waals surface area contributed by atoms with Crippen molar-refractivity contribution in [3.63, 3.8) is 0 Å². The first-order valence-electron chi connectivity index (χ1n) is 2.67. The molecule has 0 aliphatic rings. The fraction of sp³-hybridized carbons (Fsp3) is 0. The Morgan fingerprint density at radius 3 is 0.846 bits per heavy atom.